The molecular formula is C17H17BrN4O3. The minimum absolute atomic E-state index is 0.166. The first-order valence-electron chi connectivity index (χ1n) is 8.02. The van der Waals surface area contributed by atoms with Crippen molar-refractivity contribution in [3.8, 4) is 0 Å². The normalized spacial score (nSPS) is 19.5. The number of hydrogen-bond acceptors (Lipinski definition) is 4. The van der Waals surface area contributed by atoms with E-state index in [1.54, 1.807) is 6.20 Å². The predicted octanol–water partition coefficient (Wildman–Crippen LogP) is 2.73. The van der Waals surface area contributed by atoms with Crippen LogP contribution in [0.15, 0.2) is 16.7 Å². The molecule has 0 spiro atoms. The van der Waals surface area contributed by atoms with Crippen molar-refractivity contribution in [1.82, 2.24) is 9.88 Å². The number of nitrogens with zero attached hydrogens (tertiary/aromatic N) is 3. The third kappa shape index (κ3) is 2.35. The molecule has 130 valence electrons. The topological polar surface area (TPSA) is 85.8 Å². The van der Waals surface area contributed by atoms with Crippen molar-refractivity contribution in [2.75, 3.05) is 29.9 Å². The summed E-state index contributed by atoms with van der Waals surface area (Å²) in [5.41, 5.74) is 4.64. The number of hydrogen-bond donors (Lipinski definition) is 2. The van der Waals surface area contributed by atoms with Crippen molar-refractivity contribution in [1.29, 1.82) is 0 Å². The molecule has 3 heterocycles. The molecule has 25 heavy (non-hydrogen) atoms. The number of benzene rings is 1. The Morgan fingerprint density at radius 3 is 2.88 bits per heavy atom. The van der Waals surface area contributed by atoms with Crippen LogP contribution >= 0.6 is 15.9 Å². The first-order chi connectivity index (χ1) is 11.9. The Labute approximate surface area is 152 Å². The van der Waals surface area contributed by atoms with E-state index in [2.05, 4.69) is 32.3 Å². The van der Waals surface area contributed by atoms with Crippen molar-refractivity contribution >= 4 is 50.2 Å². The number of piperazine rings is 1. The summed E-state index contributed by atoms with van der Waals surface area (Å²) in [6.07, 6.45) is 0.692. The molecule has 2 aromatic rings. The smallest absolute Gasteiger partial charge is 0.407 e. The number of anilines is 2. The Kier molecular flexibility index (Phi) is 3.61. The van der Waals surface area contributed by atoms with Crippen molar-refractivity contribution in [2.45, 2.75) is 19.9 Å². The fraction of sp³-hybridized carbons (Fsp3) is 0.353. The van der Waals surface area contributed by atoms with Crippen LogP contribution in [0.4, 0.5) is 16.2 Å². The summed E-state index contributed by atoms with van der Waals surface area (Å²) >= 11 is 3.60. The van der Waals surface area contributed by atoms with Crippen LogP contribution in [0.5, 0.6) is 0 Å². The SMILES string of the molecule is Cc1cc2c3c(cnc2c(C)c1Br)NC(=O)[C@H]1CN(C(=O)O)CCN31. The summed E-state index contributed by atoms with van der Waals surface area (Å²) in [6.45, 7) is 5.05. The van der Waals surface area contributed by atoms with Crippen LogP contribution < -0.4 is 10.2 Å². The summed E-state index contributed by atoms with van der Waals surface area (Å²) in [6, 6.07) is 1.54. The molecule has 0 aliphatic carbocycles. The maximum Gasteiger partial charge on any atom is 0.407 e. The zero-order valence-electron chi connectivity index (χ0n) is 13.8. The molecule has 8 heteroatoms. The number of rotatable bonds is 0. The van der Waals surface area contributed by atoms with Gasteiger partial charge in [0.2, 0.25) is 5.91 Å². The van der Waals surface area contributed by atoms with E-state index in [4.69, 9.17) is 0 Å². The average Bonchev–Trinajstić information content (AvgIpc) is 2.59. The summed E-state index contributed by atoms with van der Waals surface area (Å²) in [5.74, 6) is -0.190. The van der Waals surface area contributed by atoms with Gasteiger partial charge in [0.1, 0.15) is 6.04 Å². The van der Waals surface area contributed by atoms with Gasteiger partial charge in [0, 0.05) is 22.9 Å². The van der Waals surface area contributed by atoms with Gasteiger partial charge < -0.3 is 20.2 Å². The average molecular weight is 405 g/mol. The maximum absolute atomic E-state index is 12.5. The van der Waals surface area contributed by atoms with E-state index in [9.17, 15) is 14.7 Å². The highest BCUT2D eigenvalue weighted by Gasteiger charge is 2.39. The lowest BCUT2D eigenvalue weighted by molar-refractivity contribution is -0.118. The van der Waals surface area contributed by atoms with E-state index in [0.717, 1.165) is 32.2 Å². The van der Waals surface area contributed by atoms with Crippen LogP contribution in [0.1, 0.15) is 11.1 Å². The number of carbonyl (C=O) groups is 2. The van der Waals surface area contributed by atoms with Crippen LogP contribution in [-0.4, -0.2) is 52.7 Å². The van der Waals surface area contributed by atoms with Crippen LogP contribution in [-0.2, 0) is 4.79 Å². The number of halogens is 1. The molecule has 2 aliphatic heterocycles. The molecule has 1 aromatic carbocycles. The highest BCUT2D eigenvalue weighted by molar-refractivity contribution is 9.10. The third-order valence-corrected chi connectivity index (χ3v) is 6.20. The summed E-state index contributed by atoms with van der Waals surface area (Å²) in [7, 11) is 0. The van der Waals surface area contributed by atoms with E-state index < -0.39 is 12.1 Å². The molecule has 1 aromatic heterocycles. The van der Waals surface area contributed by atoms with Crippen LogP contribution in [0, 0.1) is 13.8 Å². The number of fused-ring (bicyclic) bond motifs is 5. The van der Waals surface area contributed by atoms with Crippen molar-refractivity contribution in [3.05, 3.63) is 27.9 Å². The Balaban J connectivity index is 1.90. The van der Waals surface area contributed by atoms with Gasteiger partial charge in [-0.2, -0.15) is 0 Å². The molecule has 7 nitrogen and oxygen atoms in total. The lowest BCUT2D eigenvalue weighted by Gasteiger charge is -2.44. The van der Waals surface area contributed by atoms with Gasteiger partial charge in [0.25, 0.3) is 0 Å². The zero-order valence-corrected chi connectivity index (χ0v) is 15.4. The van der Waals surface area contributed by atoms with Crippen LogP contribution in [0.2, 0.25) is 0 Å². The third-order valence-electron chi connectivity index (χ3n) is 4.98. The molecule has 2 aliphatic rings. The first kappa shape index (κ1) is 16.1. The number of carboxylic acid groups (broad SMARTS) is 1. The van der Waals surface area contributed by atoms with Gasteiger partial charge >= 0.3 is 6.09 Å². The minimum atomic E-state index is -0.992. The van der Waals surface area contributed by atoms with Gasteiger partial charge in [-0.15, -0.1) is 0 Å². The van der Waals surface area contributed by atoms with E-state index >= 15 is 0 Å². The Hall–Kier alpha value is -2.35. The predicted molar refractivity (Wildman–Crippen MR) is 98.3 cm³/mol. The standard InChI is InChI=1S/C17H17BrN4O3/c1-8-5-10-14(9(2)13(8)18)19-6-11-15(10)22-4-3-21(17(24)25)7-12(22)16(23)20-11/h5-6,12H,3-4,7H2,1-2H3,(H,20,23)(H,24,25)/t12-/m1/s1. The second kappa shape index (κ2) is 5.59. The lowest BCUT2D eigenvalue weighted by atomic mass is 9.99. The Morgan fingerprint density at radius 1 is 1.40 bits per heavy atom. The van der Waals surface area contributed by atoms with E-state index in [1.807, 2.05) is 18.7 Å². The van der Waals surface area contributed by atoms with Gasteiger partial charge in [-0.25, -0.2) is 4.79 Å². The lowest BCUT2D eigenvalue weighted by Crippen LogP contribution is -2.61. The van der Waals surface area contributed by atoms with Crippen molar-refractivity contribution in [2.24, 2.45) is 0 Å². The molecule has 1 atom stereocenters. The second-order valence-corrected chi connectivity index (χ2v) is 7.27. The molecule has 0 unspecified atom stereocenters. The Morgan fingerprint density at radius 2 is 2.16 bits per heavy atom. The van der Waals surface area contributed by atoms with Crippen LogP contribution in [0.3, 0.4) is 0 Å². The molecule has 1 fully saturated rings. The second-order valence-electron chi connectivity index (χ2n) is 6.48. The number of aromatic nitrogens is 1. The van der Waals surface area contributed by atoms with Crippen molar-refractivity contribution in [3.63, 3.8) is 0 Å². The van der Waals surface area contributed by atoms with E-state index in [1.165, 1.54) is 4.90 Å². The first-order valence-corrected chi connectivity index (χ1v) is 8.81. The van der Waals surface area contributed by atoms with E-state index in [0.29, 0.717) is 18.8 Å². The number of nitrogens with one attached hydrogen (secondary N) is 1. The Bertz CT molecular complexity index is 930. The number of aryl methyl sites for hydroxylation is 2. The van der Waals surface area contributed by atoms with Crippen LogP contribution in [0.25, 0.3) is 10.9 Å². The minimum Gasteiger partial charge on any atom is -0.465 e. The molecule has 0 bridgehead atoms. The van der Waals surface area contributed by atoms with Gasteiger partial charge in [-0.05, 0) is 31.0 Å². The molecule has 0 saturated carbocycles. The van der Waals surface area contributed by atoms with Gasteiger partial charge in [0.05, 0.1) is 29.6 Å². The molecule has 2 amide bonds. The largest absolute Gasteiger partial charge is 0.465 e. The highest BCUT2D eigenvalue weighted by atomic mass is 79.9. The summed E-state index contributed by atoms with van der Waals surface area (Å²) < 4.78 is 1.03. The fourth-order valence-electron chi connectivity index (χ4n) is 3.70. The summed E-state index contributed by atoms with van der Waals surface area (Å²) in [4.78, 5) is 31.6. The van der Waals surface area contributed by atoms with Gasteiger partial charge in [-0.3, -0.25) is 9.78 Å². The molecular weight excluding hydrogens is 388 g/mol. The van der Waals surface area contributed by atoms with Crippen molar-refractivity contribution < 1.29 is 14.7 Å². The maximum atomic E-state index is 12.5. The zero-order chi connectivity index (χ0) is 17.9. The molecule has 4 rings (SSSR count). The van der Waals surface area contributed by atoms with E-state index in [-0.39, 0.29) is 12.5 Å². The van der Waals surface area contributed by atoms with Gasteiger partial charge in [-0.1, -0.05) is 15.9 Å². The summed E-state index contributed by atoms with van der Waals surface area (Å²) in [5, 5.41) is 13.1. The molecule has 2 N–H and O–H groups in total. The highest BCUT2D eigenvalue weighted by Crippen LogP contribution is 2.41. The number of carbonyl (C=O) groups excluding carboxylic acids is 1. The van der Waals surface area contributed by atoms with Gasteiger partial charge in [0.15, 0.2) is 0 Å². The quantitative estimate of drug-likeness (QED) is 0.704. The number of pyridine rings is 1. The number of amides is 2. The fourth-order valence-corrected chi connectivity index (χ4v) is 4.00. The molecule has 0 radical (unpaired) electrons. The monoisotopic (exact) mass is 404 g/mol. The molecule has 1 saturated heterocycles.